The van der Waals surface area contributed by atoms with Gasteiger partial charge in [0.2, 0.25) is 12.2 Å². The molecule has 0 aliphatic rings. The van der Waals surface area contributed by atoms with Crippen molar-refractivity contribution in [2.45, 2.75) is 51.6 Å². The molecule has 0 heterocycles. The number of hydrogen-bond acceptors (Lipinski definition) is 4. The van der Waals surface area contributed by atoms with E-state index in [2.05, 4.69) is 5.32 Å². The Labute approximate surface area is 110 Å². The number of nitrogens with zero attached hydrogens (tertiary/aromatic N) is 1. The van der Waals surface area contributed by atoms with Crippen LogP contribution in [0.3, 0.4) is 0 Å². The maximum atomic E-state index is 11.7. The van der Waals surface area contributed by atoms with Gasteiger partial charge in [0, 0.05) is 5.54 Å². The Balaban J connectivity index is 4.07. The number of rotatable bonds is 8. The summed E-state index contributed by atoms with van der Waals surface area (Å²) in [5.74, 6) is -0.145. The molecule has 0 spiro atoms. The molecule has 0 rings (SSSR count). The highest BCUT2D eigenvalue weighted by molar-refractivity contribution is 5.81. The molecule has 1 atom stereocenters. The van der Waals surface area contributed by atoms with Gasteiger partial charge in [0.25, 0.3) is 0 Å². The zero-order valence-electron chi connectivity index (χ0n) is 12.0. The first-order valence-corrected chi connectivity index (χ1v) is 6.39. The van der Waals surface area contributed by atoms with E-state index in [1.807, 2.05) is 39.0 Å². The van der Waals surface area contributed by atoms with Crippen LogP contribution in [0.1, 0.15) is 40.0 Å². The zero-order valence-corrected chi connectivity index (χ0v) is 12.0. The minimum Gasteiger partial charge on any atom is -0.345 e. The molecule has 3 N–H and O–H groups in total. The molecule has 0 saturated heterocycles. The third kappa shape index (κ3) is 7.40. The lowest BCUT2D eigenvalue weighted by molar-refractivity contribution is -0.123. The van der Waals surface area contributed by atoms with E-state index in [0.717, 1.165) is 12.8 Å². The van der Waals surface area contributed by atoms with Crippen LogP contribution in [0, 0.1) is 0 Å². The van der Waals surface area contributed by atoms with E-state index < -0.39 is 6.04 Å². The van der Waals surface area contributed by atoms with Crippen molar-refractivity contribution >= 4 is 12.2 Å². The second-order valence-electron chi connectivity index (χ2n) is 5.55. The highest BCUT2D eigenvalue weighted by atomic mass is 16.2. The van der Waals surface area contributed by atoms with Gasteiger partial charge in [-0.25, -0.2) is 0 Å². The van der Waals surface area contributed by atoms with Crippen LogP contribution < -0.4 is 11.1 Å². The van der Waals surface area contributed by atoms with Crippen LogP contribution in [0.2, 0.25) is 0 Å². The standard InChI is InChI=1S/C13H26N3O2/c1-13(2,3)16(4)9-12(18)15-11(10-17)7-5-6-8-14/h11H,5-9,14H2,1-4H3,(H,15,18)/t11-/m0/s1. The average Bonchev–Trinajstić information content (AvgIpc) is 2.26. The summed E-state index contributed by atoms with van der Waals surface area (Å²) in [5.41, 5.74) is 5.31. The summed E-state index contributed by atoms with van der Waals surface area (Å²) in [6, 6.07) is -0.516. The van der Waals surface area contributed by atoms with E-state index in [0.29, 0.717) is 13.0 Å². The Morgan fingerprint density at radius 3 is 2.44 bits per heavy atom. The molecule has 0 aromatic carbocycles. The molecule has 5 heteroatoms. The van der Waals surface area contributed by atoms with Crippen molar-refractivity contribution in [3.63, 3.8) is 0 Å². The lowest BCUT2D eigenvalue weighted by atomic mass is 10.1. The van der Waals surface area contributed by atoms with Gasteiger partial charge >= 0.3 is 0 Å². The van der Waals surface area contributed by atoms with E-state index in [1.54, 1.807) is 0 Å². The molecule has 0 aliphatic heterocycles. The molecule has 0 unspecified atom stereocenters. The first kappa shape index (κ1) is 17.1. The predicted octanol–water partition coefficient (Wildman–Crippen LogP) is 0.440. The summed E-state index contributed by atoms with van der Waals surface area (Å²) in [4.78, 5) is 24.4. The predicted molar refractivity (Wildman–Crippen MR) is 72.9 cm³/mol. The van der Waals surface area contributed by atoms with Gasteiger partial charge in [-0.3, -0.25) is 14.5 Å². The van der Waals surface area contributed by atoms with E-state index >= 15 is 0 Å². The van der Waals surface area contributed by atoms with Gasteiger partial charge < -0.3 is 11.1 Å². The summed E-state index contributed by atoms with van der Waals surface area (Å²) < 4.78 is 0. The molecule has 5 nitrogen and oxygen atoms in total. The van der Waals surface area contributed by atoms with Crippen molar-refractivity contribution < 1.29 is 9.59 Å². The van der Waals surface area contributed by atoms with Crippen LogP contribution in [0.15, 0.2) is 0 Å². The molecular formula is C13H26N3O2. The molecule has 0 aliphatic carbocycles. The second-order valence-corrected chi connectivity index (χ2v) is 5.55. The summed E-state index contributed by atoms with van der Waals surface area (Å²) in [6.45, 7) is 6.98. The van der Waals surface area contributed by atoms with Crippen molar-refractivity contribution in [3.8, 4) is 0 Å². The van der Waals surface area contributed by atoms with Gasteiger partial charge in [-0.05, 0) is 53.6 Å². The third-order valence-electron chi connectivity index (χ3n) is 2.95. The first-order chi connectivity index (χ1) is 8.31. The van der Waals surface area contributed by atoms with Crippen molar-refractivity contribution in [1.82, 2.24) is 10.2 Å². The topological polar surface area (TPSA) is 75.4 Å². The number of amides is 1. The minimum atomic E-state index is -0.516. The van der Waals surface area contributed by atoms with Gasteiger partial charge in [-0.15, -0.1) is 0 Å². The Hall–Kier alpha value is -0.940. The maximum Gasteiger partial charge on any atom is 0.234 e. The van der Waals surface area contributed by atoms with Crippen molar-refractivity contribution in [2.24, 2.45) is 5.73 Å². The Morgan fingerprint density at radius 1 is 1.39 bits per heavy atom. The highest BCUT2D eigenvalue weighted by Gasteiger charge is 2.20. The van der Waals surface area contributed by atoms with Crippen LogP contribution in [0.25, 0.3) is 0 Å². The Morgan fingerprint density at radius 2 is 2.00 bits per heavy atom. The third-order valence-corrected chi connectivity index (χ3v) is 2.95. The van der Waals surface area contributed by atoms with Gasteiger partial charge in [0.05, 0.1) is 12.6 Å². The molecule has 0 bridgehead atoms. The van der Waals surface area contributed by atoms with E-state index in [9.17, 15) is 9.59 Å². The number of unbranched alkanes of at least 4 members (excludes halogenated alkanes) is 1. The molecule has 1 amide bonds. The lowest BCUT2D eigenvalue weighted by Crippen LogP contribution is -2.47. The lowest BCUT2D eigenvalue weighted by Gasteiger charge is -2.31. The van der Waals surface area contributed by atoms with Crippen LogP contribution >= 0.6 is 0 Å². The molecule has 0 saturated carbocycles. The largest absolute Gasteiger partial charge is 0.345 e. The number of nitrogens with one attached hydrogen (secondary N) is 1. The summed E-state index contributed by atoms with van der Waals surface area (Å²) in [5, 5.41) is 2.68. The van der Waals surface area contributed by atoms with Crippen molar-refractivity contribution in [3.05, 3.63) is 0 Å². The maximum absolute atomic E-state index is 11.7. The second kappa shape index (κ2) is 8.21. The Bertz CT molecular complexity index is 261. The smallest absolute Gasteiger partial charge is 0.234 e. The zero-order chi connectivity index (χ0) is 14.2. The normalized spacial score (nSPS) is 13.4. The highest BCUT2D eigenvalue weighted by Crippen LogP contribution is 2.09. The van der Waals surface area contributed by atoms with Crippen molar-refractivity contribution in [1.29, 1.82) is 0 Å². The average molecular weight is 256 g/mol. The molecule has 0 aromatic rings. The SMILES string of the molecule is CN(CC(=O)N[C@H]([C]=O)CCCCN)C(C)(C)C. The quantitative estimate of drug-likeness (QED) is 0.618. The van der Waals surface area contributed by atoms with Gasteiger partial charge in [0.15, 0.2) is 0 Å². The molecule has 0 fully saturated rings. The van der Waals surface area contributed by atoms with Crippen LogP contribution in [0.4, 0.5) is 0 Å². The molecular weight excluding hydrogens is 230 g/mol. The van der Waals surface area contributed by atoms with E-state index in [1.165, 1.54) is 0 Å². The summed E-state index contributed by atoms with van der Waals surface area (Å²) in [6.07, 6.45) is 4.15. The molecule has 1 radical (unpaired) electrons. The van der Waals surface area contributed by atoms with Crippen LogP contribution in [0.5, 0.6) is 0 Å². The number of nitrogens with two attached hydrogens (primary N) is 1. The summed E-state index contributed by atoms with van der Waals surface area (Å²) >= 11 is 0. The van der Waals surface area contributed by atoms with Crippen molar-refractivity contribution in [2.75, 3.05) is 20.1 Å². The van der Waals surface area contributed by atoms with E-state index in [4.69, 9.17) is 5.73 Å². The fraction of sp³-hybridized carbons (Fsp3) is 0.846. The Kier molecular flexibility index (Phi) is 7.78. The van der Waals surface area contributed by atoms with Gasteiger partial charge in [-0.2, -0.15) is 0 Å². The van der Waals surface area contributed by atoms with E-state index in [-0.39, 0.29) is 18.0 Å². The first-order valence-electron chi connectivity index (χ1n) is 6.39. The van der Waals surface area contributed by atoms with Crippen LogP contribution in [-0.2, 0) is 9.59 Å². The molecule has 18 heavy (non-hydrogen) atoms. The number of likely N-dealkylation sites (N-methyl/N-ethyl adjacent to an activating group) is 1. The van der Waals surface area contributed by atoms with Crippen LogP contribution in [-0.4, -0.2) is 48.8 Å². The number of carbonyl (C=O) groups excluding carboxylic acids is 2. The molecule has 0 aromatic heterocycles. The monoisotopic (exact) mass is 256 g/mol. The summed E-state index contributed by atoms with van der Waals surface area (Å²) in [7, 11) is 1.88. The number of carbonyl (C=O) groups is 1. The van der Waals surface area contributed by atoms with Gasteiger partial charge in [-0.1, -0.05) is 0 Å². The van der Waals surface area contributed by atoms with Gasteiger partial charge in [0.1, 0.15) is 0 Å². The fourth-order valence-electron chi connectivity index (χ4n) is 1.35. The minimum absolute atomic E-state index is 0.0721. The molecule has 105 valence electrons. The number of hydrogen-bond donors (Lipinski definition) is 2. The fourth-order valence-corrected chi connectivity index (χ4v) is 1.35.